The smallest absolute Gasteiger partial charge is 0.252 e. The number of methoxy groups -OCH3 is 1. The molecule has 8 heteroatoms. The zero-order chi connectivity index (χ0) is 23.7. The fourth-order valence-corrected chi connectivity index (χ4v) is 3.19. The summed E-state index contributed by atoms with van der Waals surface area (Å²) in [5, 5.41) is 3.74. The number of carbonyl (C=O) groups is 1. The molecule has 1 N–H and O–H groups in total. The van der Waals surface area contributed by atoms with E-state index in [1.54, 1.807) is 25.3 Å². The van der Waals surface area contributed by atoms with Gasteiger partial charge < -0.3 is 24.3 Å². The molecule has 0 saturated carbocycles. The van der Waals surface area contributed by atoms with Crippen molar-refractivity contribution in [3.05, 3.63) is 52.0 Å². The monoisotopic (exact) mass is 483 g/mol. The average Bonchev–Trinajstić information content (AvgIpc) is 2.73. The fourth-order valence-electron chi connectivity index (χ4n) is 2.91. The SMILES string of the molecule is COc1cc(CCNC(=O)[C@H](COc2ccc(Cl)c(Cl)c2)OC(C)C)ccc1OC(C)C. The summed E-state index contributed by atoms with van der Waals surface area (Å²) in [4.78, 5) is 12.7. The number of nitrogens with one attached hydrogen (secondary N) is 1. The maximum Gasteiger partial charge on any atom is 0.252 e. The molecule has 2 aromatic rings. The van der Waals surface area contributed by atoms with Crippen LogP contribution in [0.1, 0.15) is 33.3 Å². The Morgan fingerprint density at radius 1 is 0.969 bits per heavy atom. The van der Waals surface area contributed by atoms with Gasteiger partial charge in [0.15, 0.2) is 17.6 Å². The van der Waals surface area contributed by atoms with Crippen molar-refractivity contribution in [2.45, 2.75) is 52.4 Å². The second kappa shape index (κ2) is 12.8. The lowest BCUT2D eigenvalue weighted by Gasteiger charge is -2.20. The van der Waals surface area contributed by atoms with E-state index >= 15 is 0 Å². The summed E-state index contributed by atoms with van der Waals surface area (Å²) in [5.41, 5.74) is 1.02. The molecule has 0 radical (unpaired) electrons. The standard InChI is InChI=1S/C24H31Cl2NO5/c1-15(2)31-21-9-6-17(12-22(21)29-5)10-11-27-24(28)23(32-16(3)4)14-30-18-7-8-19(25)20(26)13-18/h6-9,12-13,15-16,23H,10-11,14H2,1-5H3,(H,27,28)/t23-/m0/s1. The number of carbonyl (C=O) groups excluding carboxylic acids is 1. The number of halogens is 2. The van der Waals surface area contributed by atoms with E-state index in [1.165, 1.54) is 0 Å². The number of benzene rings is 2. The van der Waals surface area contributed by atoms with Gasteiger partial charge in [-0.15, -0.1) is 0 Å². The van der Waals surface area contributed by atoms with E-state index in [9.17, 15) is 4.79 Å². The third kappa shape index (κ3) is 8.41. The molecule has 1 amide bonds. The maximum absolute atomic E-state index is 12.7. The third-order valence-electron chi connectivity index (χ3n) is 4.32. The van der Waals surface area contributed by atoms with Crippen LogP contribution in [0.5, 0.6) is 17.2 Å². The zero-order valence-electron chi connectivity index (χ0n) is 19.1. The molecule has 0 fully saturated rings. The highest BCUT2D eigenvalue weighted by Crippen LogP contribution is 2.29. The molecule has 0 aliphatic rings. The van der Waals surface area contributed by atoms with Crippen molar-refractivity contribution >= 4 is 29.1 Å². The number of rotatable bonds is 12. The predicted octanol–water partition coefficient (Wildman–Crippen LogP) is 5.32. The van der Waals surface area contributed by atoms with E-state index in [0.717, 1.165) is 5.56 Å². The van der Waals surface area contributed by atoms with Crippen LogP contribution < -0.4 is 19.5 Å². The van der Waals surface area contributed by atoms with Crippen LogP contribution in [0.3, 0.4) is 0 Å². The maximum atomic E-state index is 12.7. The Morgan fingerprint density at radius 3 is 2.34 bits per heavy atom. The molecule has 0 saturated heterocycles. The molecular weight excluding hydrogens is 453 g/mol. The molecule has 0 bridgehead atoms. The normalized spacial score (nSPS) is 12.0. The van der Waals surface area contributed by atoms with Crippen molar-refractivity contribution < 1.29 is 23.7 Å². The van der Waals surface area contributed by atoms with Gasteiger partial charge in [-0.05, 0) is 63.9 Å². The van der Waals surface area contributed by atoms with Crippen LogP contribution in [-0.2, 0) is 16.0 Å². The molecule has 0 unspecified atom stereocenters. The quantitative estimate of drug-likeness (QED) is 0.442. The van der Waals surface area contributed by atoms with Crippen molar-refractivity contribution in [2.24, 2.45) is 0 Å². The Labute approximate surface area is 200 Å². The molecule has 1 atom stereocenters. The second-order valence-corrected chi connectivity index (χ2v) is 8.57. The first-order valence-electron chi connectivity index (χ1n) is 10.5. The minimum Gasteiger partial charge on any atom is -0.493 e. The van der Waals surface area contributed by atoms with E-state index in [-0.39, 0.29) is 24.7 Å². The van der Waals surface area contributed by atoms with Gasteiger partial charge in [0.05, 0.1) is 29.4 Å². The fraction of sp³-hybridized carbons (Fsp3) is 0.458. The summed E-state index contributed by atoms with van der Waals surface area (Å²) in [6.45, 7) is 8.15. The molecule has 0 aromatic heterocycles. The van der Waals surface area contributed by atoms with Crippen LogP contribution in [0.15, 0.2) is 36.4 Å². The number of ether oxygens (including phenoxy) is 4. The number of amides is 1. The molecule has 2 aromatic carbocycles. The lowest BCUT2D eigenvalue weighted by atomic mass is 10.1. The Hall–Kier alpha value is -2.15. The summed E-state index contributed by atoms with van der Waals surface area (Å²) in [7, 11) is 1.61. The first kappa shape index (κ1) is 26.1. The first-order chi connectivity index (χ1) is 15.2. The van der Waals surface area contributed by atoms with Crippen molar-refractivity contribution in [3.63, 3.8) is 0 Å². The topological polar surface area (TPSA) is 66.0 Å². The van der Waals surface area contributed by atoms with Gasteiger partial charge in [-0.2, -0.15) is 0 Å². The van der Waals surface area contributed by atoms with Crippen molar-refractivity contribution in [1.82, 2.24) is 5.32 Å². The minimum atomic E-state index is -0.763. The van der Waals surface area contributed by atoms with E-state index < -0.39 is 6.10 Å². The van der Waals surface area contributed by atoms with Crippen LogP contribution in [0, 0.1) is 0 Å². The molecule has 0 aliphatic heterocycles. The van der Waals surface area contributed by atoms with E-state index in [4.69, 9.17) is 42.1 Å². The van der Waals surface area contributed by atoms with Gasteiger partial charge in [0.25, 0.3) is 5.91 Å². The summed E-state index contributed by atoms with van der Waals surface area (Å²) in [6.07, 6.45) is -0.216. The Kier molecular flexibility index (Phi) is 10.4. The lowest BCUT2D eigenvalue weighted by molar-refractivity contribution is -0.137. The molecule has 176 valence electrons. The predicted molar refractivity (Wildman–Crippen MR) is 127 cm³/mol. The Morgan fingerprint density at radius 2 is 1.72 bits per heavy atom. The van der Waals surface area contributed by atoms with Crippen LogP contribution >= 0.6 is 23.2 Å². The Bertz CT molecular complexity index is 889. The summed E-state index contributed by atoms with van der Waals surface area (Å²) in [5.74, 6) is 1.63. The van der Waals surface area contributed by atoms with Crippen molar-refractivity contribution in [3.8, 4) is 17.2 Å². The average molecular weight is 484 g/mol. The van der Waals surface area contributed by atoms with Gasteiger partial charge in [0.2, 0.25) is 0 Å². The number of hydrogen-bond acceptors (Lipinski definition) is 5. The van der Waals surface area contributed by atoms with Crippen LogP contribution in [-0.4, -0.2) is 44.5 Å². The molecule has 0 aliphatic carbocycles. The van der Waals surface area contributed by atoms with Crippen molar-refractivity contribution in [2.75, 3.05) is 20.3 Å². The van der Waals surface area contributed by atoms with Gasteiger partial charge in [0, 0.05) is 12.6 Å². The van der Waals surface area contributed by atoms with Crippen LogP contribution in [0.25, 0.3) is 0 Å². The molecular formula is C24H31Cl2NO5. The second-order valence-electron chi connectivity index (χ2n) is 7.75. The molecule has 0 spiro atoms. The van der Waals surface area contributed by atoms with Gasteiger partial charge >= 0.3 is 0 Å². The van der Waals surface area contributed by atoms with E-state index in [0.29, 0.717) is 40.3 Å². The third-order valence-corrected chi connectivity index (χ3v) is 5.06. The molecule has 32 heavy (non-hydrogen) atoms. The Balaban J connectivity index is 1.92. The summed E-state index contributed by atoms with van der Waals surface area (Å²) in [6, 6.07) is 10.7. The van der Waals surface area contributed by atoms with Gasteiger partial charge in [0.1, 0.15) is 12.4 Å². The van der Waals surface area contributed by atoms with Gasteiger partial charge in [-0.1, -0.05) is 29.3 Å². The van der Waals surface area contributed by atoms with Crippen molar-refractivity contribution in [1.29, 1.82) is 0 Å². The zero-order valence-corrected chi connectivity index (χ0v) is 20.6. The van der Waals surface area contributed by atoms with Crippen LogP contribution in [0.4, 0.5) is 0 Å². The molecule has 6 nitrogen and oxygen atoms in total. The molecule has 2 rings (SSSR count). The highest BCUT2D eigenvalue weighted by Gasteiger charge is 2.21. The first-order valence-corrected chi connectivity index (χ1v) is 11.3. The highest BCUT2D eigenvalue weighted by atomic mass is 35.5. The summed E-state index contributed by atoms with van der Waals surface area (Å²) >= 11 is 11.9. The largest absolute Gasteiger partial charge is 0.493 e. The van der Waals surface area contributed by atoms with Gasteiger partial charge in [-0.3, -0.25) is 4.79 Å². The molecule has 0 heterocycles. The highest BCUT2D eigenvalue weighted by molar-refractivity contribution is 6.42. The van der Waals surface area contributed by atoms with E-state index in [1.807, 2.05) is 45.9 Å². The van der Waals surface area contributed by atoms with Crippen LogP contribution in [0.2, 0.25) is 10.0 Å². The minimum absolute atomic E-state index is 0.0526. The van der Waals surface area contributed by atoms with Gasteiger partial charge in [-0.25, -0.2) is 0 Å². The van der Waals surface area contributed by atoms with E-state index in [2.05, 4.69) is 5.32 Å². The lowest BCUT2D eigenvalue weighted by Crippen LogP contribution is -2.42. The summed E-state index contributed by atoms with van der Waals surface area (Å²) < 4.78 is 22.6. The number of hydrogen-bond donors (Lipinski definition) is 1.